The van der Waals surface area contributed by atoms with Crippen LogP contribution in [0.3, 0.4) is 0 Å². The van der Waals surface area contributed by atoms with Crippen molar-refractivity contribution in [2.45, 2.75) is 49.7 Å². The van der Waals surface area contributed by atoms with E-state index in [1.807, 2.05) is 6.07 Å². The van der Waals surface area contributed by atoms with Crippen LogP contribution in [0, 0.1) is 0 Å². The van der Waals surface area contributed by atoms with Crippen LogP contribution in [0.4, 0.5) is 0 Å². The minimum Gasteiger partial charge on any atom is -0.394 e. The van der Waals surface area contributed by atoms with E-state index in [1.54, 1.807) is 0 Å². The van der Waals surface area contributed by atoms with Gasteiger partial charge in [-0.25, -0.2) is 0 Å². The highest BCUT2D eigenvalue weighted by Gasteiger charge is 2.38. The third-order valence-electron chi connectivity index (χ3n) is 4.72. The molecular weight excluding hydrogens is 248 g/mol. The third kappa shape index (κ3) is 3.22. The van der Waals surface area contributed by atoms with E-state index < -0.39 is 0 Å². The Hall–Kier alpha value is -0.900. The van der Waals surface area contributed by atoms with Gasteiger partial charge in [0.25, 0.3) is 0 Å². The second-order valence-electron chi connectivity index (χ2n) is 6.49. The normalized spacial score (nSPS) is 21.9. The summed E-state index contributed by atoms with van der Waals surface area (Å²) < 4.78 is 0. The van der Waals surface area contributed by atoms with E-state index in [4.69, 9.17) is 0 Å². The minimum absolute atomic E-state index is 0.173. The third-order valence-corrected chi connectivity index (χ3v) is 4.72. The first-order valence-electron chi connectivity index (χ1n) is 7.88. The topological polar surface area (TPSA) is 35.5 Å². The number of nitrogens with one attached hydrogen (secondary N) is 1. The number of benzene rings is 1. The van der Waals surface area contributed by atoms with Crippen LogP contribution < -0.4 is 5.32 Å². The van der Waals surface area contributed by atoms with Crippen LogP contribution in [0.15, 0.2) is 30.3 Å². The van der Waals surface area contributed by atoms with Gasteiger partial charge in [-0.15, -0.1) is 0 Å². The minimum atomic E-state index is -0.272. The van der Waals surface area contributed by atoms with Crippen LogP contribution in [0.5, 0.6) is 0 Å². The standard InChI is InChI=1S/C17H26N2O/c1-19(16-9-10-16)12-11-17(13-20,18-15-7-8-15)14-5-3-2-4-6-14/h2-6,15-16,18,20H,7-13H2,1H3. The maximum atomic E-state index is 10.1. The molecule has 3 rings (SSSR count). The van der Waals surface area contributed by atoms with Crippen LogP contribution in [-0.2, 0) is 5.54 Å². The molecule has 20 heavy (non-hydrogen) atoms. The molecule has 1 unspecified atom stereocenters. The summed E-state index contributed by atoms with van der Waals surface area (Å²) in [6.07, 6.45) is 6.13. The Balaban J connectivity index is 1.73. The summed E-state index contributed by atoms with van der Waals surface area (Å²) in [5.74, 6) is 0. The van der Waals surface area contributed by atoms with Gasteiger partial charge in [0.05, 0.1) is 12.1 Å². The molecule has 0 spiro atoms. The van der Waals surface area contributed by atoms with E-state index in [0.717, 1.165) is 19.0 Å². The van der Waals surface area contributed by atoms with Gasteiger partial charge >= 0.3 is 0 Å². The molecule has 2 fully saturated rings. The predicted octanol–water partition coefficient (Wildman–Crippen LogP) is 2.11. The molecule has 0 aromatic heterocycles. The number of aliphatic hydroxyl groups is 1. The van der Waals surface area contributed by atoms with Crippen molar-refractivity contribution in [1.82, 2.24) is 10.2 Å². The number of hydrogen-bond donors (Lipinski definition) is 2. The fraction of sp³-hybridized carbons (Fsp3) is 0.647. The summed E-state index contributed by atoms with van der Waals surface area (Å²) in [5, 5.41) is 13.8. The number of hydrogen-bond acceptors (Lipinski definition) is 3. The van der Waals surface area contributed by atoms with Crippen molar-refractivity contribution in [3.8, 4) is 0 Å². The Labute approximate surface area is 122 Å². The molecule has 2 aliphatic rings. The van der Waals surface area contributed by atoms with E-state index in [2.05, 4.69) is 41.5 Å². The molecule has 0 amide bonds. The molecule has 0 heterocycles. The summed E-state index contributed by atoms with van der Waals surface area (Å²) >= 11 is 0. The van der Waals surface area contributed by atoms with Gasteiger partial charge in [-0.05, 0) is 44.7 Å². The van der Waals surface area contributed by atoms with Gasteiger partial charge < -0.3 is 15.3 Å². The fourth-order valence-electron chi connectivity index (χ4n) is 2.96. The molecule has 1 atom stereocenters. The second-order valence-corrected chi connectivity index (χ2v) is 6.49. The zero-order chi connectivity index (χ0) is 14.0. The summed E-state index contributed by atoms with van der Waals surface area (Å²) in [5.41, 5.74) is 0.949. The quantitative estimate of drug-likeness (QED) is 0.762. The van der Waals surface area contributed by atoms with Crippen molar-refractivity contribution in [3.63, 3.8) is 0 Å². The Morgan fingerprint density at radius 1 is 1.20 bits per heavy atom. The van der Waals surface area contributed by atoms with Crippen LogP contribution in [0.2, 0.25) is 0 Å². The highest BCUT2D eigenvalue weighted by molar-refractivity contribution is 5.25. The number of aliphatic hydroxyl groups excluding tert-OH is 1. The largest absolute Gasteiger partial charge is 0.394 e. The van der Waals surface area contributed by atoms with Gasteiger partial charge in [0.2, 0.25) is 0 Å². The van der Waals surface area contributed by atoms with Gasteiger partial charge in [-0.1, -0.05) is 30.3 Å². The SMILES string of the molecule is CN(CCC(CO)(NC1CC1)c1ccccc1)C1CC1. The van der Waals surface area contributed by atoms with Crippen molar-refractivity contribution in [2.24, 2.45) is 0 Å². The lowest BCUT2D eigenvalue weighted by molar-refractivity contribution is 0.133. The number of nitrogens with zero attached hydrogens (tertiary/aromatic N) is 1. The van der Waals surface area contributed by atoms with Crippen molar-refractivity contribution in [3.05, 3.63) is 35.9 Å². The van der Waals surface area contributed by atoms with Crippen molar-refractivity contribution in [1.29, 1.82) is 0 Å². The van der Waals surface area contributed by atoms with Gasteiger partial charge in [0, 0.05) is 18.6 Å². The molecule has 2 saturated carbocycles. The molecule has 0 bridgehead atoms. The lowest BCUT2D eigenvalue weighted by atomic mass is 9.86. The lowest BCUT2D eigenvalue weighted by Crippen LogP contribution is -2.48. The molecule has 110 valence electrons. The summed E-state index contributed by atoms with van der Waals surface area (Å²) in [6, 6.07) is 11.8. The molecule has 2 aliphatic carbocycles. The van der Waals surface area contributed by atoms with Crippen molar-refractivity contribution >= 4 is 0 Å². The molecule has 0 radical (unpaired) electrons. The first-order chi connectivity index (χ1) is 9.73. The maximum Gasteiger partial charge on any atom is 0.0683 e. The first kappa shape index (κ1) is 14.1. The molecule has 3 heteroatoms. The average Bonchev–Trinajstić information content (AvgIpc) is 3.38. The van der Waals surface area contributed by atoms with Crippen LogP contribution in [0.1, 0.15) is 37.7 Å². The van der Waals surface area contributed by atoms with E-state index >= 15 is 0 Å². The highest BCUT2D eigenvalue weighted by atomic mass is 16.3. The summed E-state index contributed by atoms with van der Waals surface area (Å²) in [4.78, 5) is 2.45. The predicted molar refractivity (Wildman–Crippen MR) is 81.6 cm³/mol. The van der Waals surface area contributed by atoms with E-state index in [0.29, 0.717) is 6.04 Å². The average molecular weight is 274 g/mol. The first-order valence-corrected chi connectivity index (χ1v) is 7.88. The summed E-state index contributed by atoms with van der Waals surface area (Å²) in [6.45, 7) is 1.21. The van der Waals surface area contributed by atoms with Gasteiger partial charge in [-0.3, -0.25) is 0 Å². The number of rotatable bonds is 8. The molecule has 0 saturated heterocycles. The van der Waals surface area contributed by atoms with E-state index in [1.165, 1.54) is 31.2 Å². The molecule has 3 nitrogen and oxygen atoms in total. The van der Waals surface area contributed by atoms with Crippen LogP contribution in [0.25, 0.3) is 0 Å². The molecule has 0 aliphatic heterocycles. The molecule has 2 N–H and O–H groups in total. The zero-order valence-electron chi connectivity index (χ0n) is 12.4. The summed E-state index contributed by atoms with van der Waals surface area (Å²) in [7, 11) is 2.21. The van der Waals surface area contributed by atoms with Gasteiger partial charge in [0.1, 0.15) is 0 Å². The van der Waals surface area contributed by atoms with Gasteiger partial charge in [-0.2, -0.15) is 0 Å². The molecular formula is C17H26N2O. The molecule has 1 aromatic rings. The Morgan fingerprint density at radius 3 is 2.45 bits per heavy atom. The monoisotopic (exact) mass is 274 g/mol. The maximum absolute atomic E-state index is 10.1. The second kappa shape index (κ2) is 5.84. The zero-order valence-corrected chi connectivity index (χ0v) is 12.4. The Bertz CT molecular complexity index is 428. The van der Waals surface area contributed by atoms with E-state index in [9.17, 15) is 5.11 Å². The smallest absolute Gasteiger partial charge is 0.0683 e. The fourth-order valence-corrected chi connectivity index (χ4v) is 2.96. The van der Waals surface area contributed by atoms with Crippen LogP contribution >= 0.6 is 0 Å². The molecule has 1 aromatic carbocycles. The Kier molecular flexibility index (Phi) is 4.11. The lowest BCUT2D eigenvalue weighted by Gasteiger charge is -2.35. The van der Waals surface area contributed by atoms with Crippen molar-refractivity contribution in [2.75, 3.05) is 20.2 Å². The van der Waals surface area contributed by atoms with Crippen LogP contribution in [-0.4, -0.2) is 42.3 Å². The van der Waals surface area contributed by atoms with Crippen molar-refractivity contribution < 1.29 is 5.11 Å². The van der Waals surface area contributed by atoms with E-state index in [-0.39, 0.29) is 12.1 Å². The highest BCUT2D eigenvalue weighted by Crippen LogP contribution is 2.33. The Morgan fingerprint density at radius 2 is 1.90 bits per heavy atom. The van der Waals surface area contributed by atoms with Gasteiger partial charge in [0.15, 0.2) is 0 Å².